The highest BCUT2D eigenvalue weighted by Gasteiger charge is 2.26. The van der Waals surface area contributed by atoms with Gasteiger partial charge in [0.05, 0.1) is 0 Å². The zero-order valence-electron chi connectivity index (χ0n) is 26.1. The Morgan fingerprint density at radius 1 is 0.762 bits per heavy atom. The molecule has 0 aromatic carbocycles. The molecule has 0 saturated carbocycles. The summed E-state index contributed by atoms with van der Waals surface area (Å²) in [6.45, 7) is 16.3. The van der Waals surface area contributed by atoms with Crippen LogP contribution in [0.1, 0.15) is 107 Å². The number of rotatable bonds is 11. The molecule has 16 heteroatoms. The van der Waals surface area contributed by atoms with Crippen molar-refractivity contribution in [2.24, 2.45) is 0 Å². The van der Waals surface area contributed by atoms with E-state index in [0.29, 0.717) is 5.95 Å². The van der Waals surface area contributed by atoms with Gasteiger partial charge in [-0.1, -0.05) is 27.7 Å². The molecule has 0 saturated heterocycles. The third kappa shape index (κ3) is 15.5. The molecule has 0 spiro atoms. The molecule has 2 heterocycles. The molecular formula is C26H45ClF2N10O3. The molecule has 0 fully saturated rings. The number of carbonyl (C=O) groups excluding carboxylic acids is 2. The average molecular weight is 619 g/mol. The van der Waals surface area contributed by atoms with Gasteiger partial charge in [0.1, 0.15) is 11.9 Å². The molecule has 0 aliphatic carbocycles. The Hall–Kier alpha value is -3.49. The van der Waals surface area contributed by atoms with Gasteiger partial charge in [-0.2, -0.15) is 29.9 Å². The highest BCUT2D eigenvalue weighted by molar-refractivity contribution is 6.12. The predicted molar refractivity (Wildman–Crippen MR) is 160 cm³/mol. The second kappa shape index (κ2) is 18.1. The van der Waals surface area contributed by atoms with Gasteiger partial charge >= 0.3 is 5.97 Å². The number of halogens is 3. The number of hydrogen-bond acceptors (Lipinski definition) is 12. The molecule has 238 valence electrons. The van der Waals surface area contributed by atoms with Crippen LogP contribution in [0.2, 0.25) is 0 Å². The van der Waals surface area contributed by atoms with Crippen LogP contribution in [0.4, 0.5) is 32.6 Å². The molecule has 0 atom stereocenters. The number of nitrogen functional groups attached to an aromatic ring is 1. The second-order valence-corrected chi connectivity index (χ2v) is 10.3. The lowest BCUT2D eigenvalue weighted by Gasteiger charge is -2.18. The lowest BCUT2D eigenvalue weighted by atomic mass is 10.1. The molecule has 13 nitrogen and oxygen atoms in total. The third-order valence-corrected chi connectivity index (χ3v) is 5.60. The summed E-state index contributed by atoms with van der Waals surface area (Å²) in [6.07, 6.45) is 3.67. The van der Waals surface area contributed by atoms with Gasteiger partial charge in [0.2, 0.25) is 29.7 Å². The van der Waals surface area contributed by atoms with Crippen molar-refractivity contribution in [1.29, 1.82) is 0 Å². The van der Waals surface area contributed by atoms with Crippen LogP contribution in [-0.2, 0) is 25.2 Å². The minimum Gasteiger partial charge on any atom is -0.368 e. The molecule has 2 aromatic heterocycles. The molecule has 42 heavy (non-hydrogen) atoms. The van der Waals surface area contributed by atoms with Gasteiger partial charge in [-0.25, -0.2) is 8.78 Å². The minimum absolute atomic E-state index is 0.00953. The number of nitrogens with zero attached hydrogens (tertiary/aromatic N) is 6. The van der Waals surface area contributed by atoms with Crippen molar-refractivity contribution in [3.05, 3.63) is 11.6 Å². The van der Waals surface area contributed by atoms with Crippen molar-refractivity contribution >= 4 is 47.5 Å². The van der Waals surface area contributed by atoms with E-state index in [4.69, 9.17) is 5.73 Å². The molecule has 0 unspecified atom stereocenters. The number of anilines is 4. The van der Waals surface area contributed by atoms with Crippen molar-refractivity contribution in [3.8, 4) is 0 Å². The van der Waals surface area contributed by atoms with Gasteiger partial charge in [0.25, 0.3) is 0 Å². The summed E-state index contributed by atoms with van der Waals surface area (Å²) in [6, 6.07) is 0.450. The van der Waals surface area contributed by atoms with Crippen molar-refractivity contribution in [2.45, 2.75) is 118 Å². The number of nitrogens with one attached hydrogen (secondary N) is 3. The molecule has 0 radical (unpaired) electrons. The zero-order valence-corrected chi connectivity index (χ0v) is 26.9. The van der Waals surface area contributed by atoms with Crippen molar-refractivity contribution < 1.29 is 22.7 Å². The van der Waals surface area contributed by atoms with E-state index in [0.717, 1.165) is 25.7 Å². The van der Waals surface area contributed by atoms with Gasteiger partial charge in [0.15, 0.2) is 23.0 Å². The SMILES string of the molecule is CC(=O)OCl.CCC(CC)Nc1nc(N)nc(C(C)(C)F)n1.CCC(CC)Nc1nc(NC(C)=O)nc(C(C)(C)F)n1. The summed E-state index contributed by atoms with van der Waals surface area (Å²) in [4.78, 5) is 44.5. The van der Waals surface area contributed by atoms with E-state index in [1.807, 2.05) is 13.8 Å². The summed E-state index contributed by atoms with van der Waals surface area (Å²) >= 11 is 4.49. The first kappa shape index (κ1) is 38.5. The van der Waals surface area contributed by atoms with E-state index in [-0.39, 0.29) is 47.5 Å². The molecule has 5 N–H and O–H groups in total. The first-order valence-corrected chi connectivity index (χ1v) is 14.0. The van der Waals surface area contributed by atoms with Crippen LogP contribution in [0.15, 0.2) is 0 Å². The van der Waals surface area contributed by atoms with Gasteiger partial charge in [-0.05, 0) is 53.4 Å². The standard InChI is InChI=1S/C13H22FN5O.C11H20FN5.C2H3ClO2/c1-6-9(7-2)16-12-18-10(13(4,5)14)17-11(19-12)15-8(3)20;1-5-7(6-2)14-10-16-8(11(3,4)12)15-9(13)17-10;1-2(4)5-3/h9H,6-7H2,1-5H3,(H2,15,16,17,18,19,20);7H,5-6H2,1-4H3,(H3,13,14,15,16,17);1H3. The van der Waals surface area contributed by atoms with Gasteiger partial charge in [0, 0.05) is 25.9 Å². The largest absolute Gasteiger partial charge is 0.368 e. The maximum Gasteiger partial charge on any atom is 0.321 e. The summed E-state index contributed by atoms with van der Waals surface area (Å²) < 4.78 is 31.4. The van der Waals surface area contributed by atoms with Crippen LogP contribution in [-0.4, -0.2) is 53.9 Å². The van der Waals surface area contributed by atoms with E-state index >= 15 is 0 Å². The van der Waals surface area contributed by atoms with E-state index in [1.54, 1.807) is 0 Å². The Morgan fingerprint density at radius 3 is 1.45 bits per heavy atom. The van der Waals surface area contributed by atoms with E-state index in [1.165, 1.54) is 41.5 Å². The summed E-state index contributed by atoms with van der Waals surface area (Å²) in [5.41, 5.74) is 2.21. The molecule has 0 aliphatic heterocycles. The van der Waals surface area contributed by atoms with Gasteiger partial charge in [-0.15, -0.1) is 0 Å². The molecule has 2 rings (SSSR count). The number of amides is 1. The number of alkyl halides is 2. The Labute approximate surface area is 251 Å². The Morgan fingerprint density at radius 2 is 1.12 bits per heavy atom. The van der Waals surface area contributed by atoms with E-state index < -0.39 is 17.3 Å². The smallest absolute Gasteiger partial charge is 0.321 e. The Kier molecular flexibility index (Phi) is 16.6. The minimum atomic E-state index is -1.71. The average Bonchev–Trinajstić information content (AvgIpc) is 2.89. The maximum atomic E-state index is 14.0. The topological polar surface area (TPSA) is 183 Å². The summed E-state index contributed by atoms with van der Waals surface area (Å²) in [5.74, 6) is -0.0388. The third-order valence-electron chi connectivity index (χ3n) is 5.39. The Bertz CT molecular complexity index is 1120. The molecule has 0 aliphatic rings. The number of hydrogen-bond donors (Lipinski definition) is 4. The highest BCUT2D eigenvalue weighted by atomic mass is 35.5. The Balaban J connectivity index is 0.000000696. The van der Waals surface area contributed by atoms with Gasteiger partial charge in [-0.3, -0.25) is 14.9 Å². The van der Waals surface area contributed by atoms with E-state index in [9.17, 15) is 18.4 Å². The fourth-order valence-electron chi connectivity index (χ4n) is 2.99. The van der Waals surface area contributed by atoms with Crippen LogP contribution in [0.25, 0.3) is 0 Å². The van der Waals surface area contributed by atoms with E-state index in [2.05, 4.69) is 75.9 Å². The first-order valence-electron chi connectivity index (χ1n) is 13.7. The quantitative estimate of drug-likeness (QED) is 0.245. The first-order chi connectivity index (χ1) is 19.4. The highest BCUT2D eigenvalue weighted by Crippen LogP contribution is 2.24. The van der Waals surface area contributed by atoms with Crippen LogP contribution >= 0.6 is 11.9 Å². The predicted octanol–water partition coefficient (Wildman–Crippen LogP) is 5.60. The fourth-order valence-corrected chi connectivity index (χ4v) is 2.99. The molecule has 2 aromatic rings. The fraction of sp³-hybridized carbons (Fsp3) is 0.692. The van der Waals surface area contributed by atoms with Crippen molar-refractivity contribution in [1.82, 2.24) is 29.9 Å². The molecule has 1 amide bonds. The normalized spacial score (nSPS) is 11.1. The monoisotopic (exact) mass is 618 g/mol. The van der Waals surface area contributed by atoms with Gasteiger partial charge < -0.3 is 20.7 Å². The maximum absolute atomic E-state index is 14.0. The van der Waals surface area contributed by atoms with Crippen LogP contribution in [0.5, 0.6) is 0 Å². The number of nitrogens with two attached hydrogens (primary N) is 1. The van der Waals surface area contributed by atoms with Crippen LogP contribution in [0, 0.1) is 0 Å². The van der Waals surface area contributed by atoms with Crippen LogP contribution in [0.3, 0.4) is 0 Å². The molecular weight excluding hydrogens is 574 g/mol. The lowest BCUT2D eigenvalue weighted by molar-refractivity contribution is -0.131. The number of aromatic nitrogens is 6. The molecule has 0 bridgehead atoms. The van der Waals surface area contributed by atoms with Crippen molar-refractivity contribution in [2.75, 3.05) is 21.7 Å². The zero-order chi connectivity index (χ0) is 32.7. The van der Waals surface area contributed by atoms with Crippen LogP contribution < -0.4 is 21.7 Å². The summed E-state index contributed by atoms with van der Waals surface area (Å²) in [5, 5.41) is 8.71. The second-order valence-electron chi connectivity index (χ2n) is 10.2. The van der Waals surface area contributed by atoms with Crippen molar-refractivity contribution in [3.63, 3.8) is 0 Å². The number of carbonyl (C=O) groups is 2. The summed E-state index contributed by atoms with van der Waals surface area (Å²) in [7, 11) is 0. The lowest BCUT2D eigenvalue weighted by Crippen LogP contribution is -2.23.